The number of carbonyl (C=O) groups excluding carboxylic acids is 1. The van der Waals surface area contributed by atoms with Gasteiger partial charge in [0.15, 0.2) is 0 Å². The zero-order valence-corrected chi connectivity index (χ0v) is 16.3. The number of ether oxygens (including phenoxy) is 1. The minimum Gasteiger partial charge on any atom is -0.466 e. The van der Waals surface area contributed by atoms with E-state index in [9.17, 15) is 13.2 Å². The molecule has 0 bridgehead atoms. The molecule has 5 nitrogen and oxygen atoms in total. The molecule has 1 aromatic carbocycles. The Morgan fingerprint density at radius 2 is 1.85 bits per heavy atom. The second-order valence-corrected chi connectivity index (χ2v) is 9.23. The first-order valence-corrected chi connectivity index (χ1v) is 10.2. The standard InChI is InChI=1S/C20H25NO4S/c1-13-5-7-17(8-6-13)26(23,24)21-11-16-10-18(20(22)25-4)14(2)9-15(3)19(16)12-21/h5-8,16,19H,3,9-12H2,1-2,4H3/t16-,19-/m1/s1. The Morgan fingerprint density at radius 1 is 1.19 bits per heavy atom. The first kappa shape index (κ1) is 18.9. The number of esters is 1. The predicted molar refractivity (Wildman–Crippen MR) is 100 cm³/mol. The summed E-state index contributed by atoms with van der Waals surface area (Å²) in [6.45, 7) is 8.85. The Kier molecular flexibility index (Phi) is 5.08. The summed E-state index contributed by atoms with van der Waals surface area (Å²) in [6.07, 6.45) is 1.14. The monoisotopic (exact) mass is 375 g/mol. The van der Waals surface area contributed by atoms with Crippen molar-refractivity contribution in [2.45, 2.75) is 31.6 Å². The van der Waals surface area contributed by atoms with Gasteiger partial charge in [0.25, 0.3) is 0 Å². The number of rotatable bonds is 3. The first-order valence-electron chi connectivity index (χ1n) is 8.75. The number of nitrogens with zero attached hydrogens (tertiary/aromatic N) is 1. The van der Waals surface area contributed by atoms with Crippen molar-refractivity contribution in [2.24, 2.45) is 11.8 Å². The van der Waals surface area contributed by atoms with Crippen LogP contribution in [0.15, 0.2) is 52.5 Å². The fourth-order valence-corrected chi connectivity index (χ4v) is 5.47. The van der Waals surface area contributed by atoms with Crippen LogP contribution in [0.2, 0.25) is 0 Å². The molecule has 1 fully saturated rings. The summed E-state index contributed by atoms with van der Waals surface area (Å²) in [5.74, 6) is -0.211. The Morgan fingerprint density at radius 3 is 2.46 bits per heavy atom. The number of benzene rings is 1. The van der Waals surface area contributed by atoms with Crippen LogP contribution in [0.3, 0.4) is 0 Å². The molecular weight excluding hydrogens is 350 g/mol. The summed E-state index contributed by atoms with van der Waals surface area (Å²) in [5.41, 5.74) is 3.65. The minimum absolute atomic E-state index is 0.0503. The largest absolute Gasteiger partial charge is 0.466 e. The van der Waals surface area contributed by atoms with Gasteiger partial charge in [-0.05, 0) is 50.7 Å². The highest BCUT2D eigenvalue weighted by molar-refractivity contribution is 7.89. The third-order valence-corrected chi connectivity index (χ3v) is 7.34. The van der Waals surface area contributed by atoms with Crippen LogP contribution < -0.4 is 0 Å². The van der Waals surface area contributed by atoms with E-state index >= 15 is 0 Å². The number of hydrogen-bond donors (Lipinski definition) is 0. The van der Waals surface area contributed by atoms with Crippen LogP contribution in [-0.2, 0) is 19.6 Å². The zero-order valence-electron chi connectivity index (χ0n) is 15.5. The second kappa shape index (κ2) is 7.00. The van der Waals surface area contributed by atoms with Crippen LogP contribution in [-0.4, -0.2) is 38.9 Å². The lowest BCUT2D eigenvalue weighted by atomic mass is 9.87. The molecule has 2 aliphatic rings. The number of fused-ring (bicyclic) bond motifs is 1. The van der Waals surface area contributed by atoms with Gasteiger partial charge in [0.05, 0.1) is 12.0 Å². The van der Waals surface area contributed by atoms with Crippen molar-refractivity contribution in [3.8, 4) is 0 Å². The third kappa shape index (κ3) is 3.35. The molecule has 140 valence electrons. The van der Waals surface area contributed by atoms with Crippen LogP contribution in [0.25, 0.3) is 0 Å². The molecule has 0 saturated carbocycles. The third-order valence-electron chi connectivity index (χ3n) is 5.50. The van der Waals surface area contributed by atoms with Crippen LogP contribution in [0.5, 0.6) is 0 Å². The van der Waals surface area contributed by atoms with Gasteiger partial charge in [-0.2, -0.15) is 4.31 Å². The second-order valence-electron chi connectivity index (χ2n) is 7.29. The van der Waals surface area contributed by atoms with E-state index in [0.29, 0.717) is 36.4 Å². The maximum absolute atomic E-state index is 13.0. The molecule has 0 spiro atoms. The predicted octanol–water partition coefficient (Wildman–Crippen LogP) is 3.07. The van der Waals surface area contributed by atoms with Gasteiger partial charge >= 0.3 is 5.97 Å². The molecule has 1 heterocycles. The van der Waals surface area contributed by atoms with Crippen LogP contribution in [0.1, 0.15) is 25.3 Å². The fraction of sp³-hybridized carbons (Fsp3) is 0.450. The number of aryl methyl sites for hydroxylation is 1. The van der Waals surface area contributed by atoms with E-state index in [0.717, 1.165) is 16.7 Å². The molecule has 2 atom stereocenters. The van der Waals surface area contributed by atoms with E-state index in [1.807, 2.05) is 13.8 Å². The minimum atomic E-state index is -3.55. The summed E-state index contributed by atoms with van der Waals surface area (Å²) in [7, 11) is -2.17. The Balaban J connectivity index is 1.88. The molecule has 0 radical (unpaired) electrons. The Hall–Kier alpha value is -1.92. The number of sulfonamides is 1. The molecule has 1 aromatic rings. The van der Waals surface area contributed by atoms with Crippen molar-refractivity contribution >= 4 is 16.0 Å². The molecule has 0 aromatic heterocycles. The van der Waals surface area contributed by atoms with Crippen molar-refractivity contribution < 1.29 is 17.9 Å². The average molecular weight is 375 g/mol. The molecule has 1 saturated heterocycles. The molecular formula is C20H25NO4S. The molecule has 1 aliphatic heterocycles. The number of allylic oxidation sites excluding steroid dienone is 1. The summed E-state index contributed by atoms with van der Waals surface area (Å²) in [6, 6.07) is 6.91. The van der Waals surface area contributed by atoms with E-state index in [1.54, 1.807) is 24.3 Å². The lowest BCUT2D eigenvalue weighted by molar-refractivity contribution is -0.136. The molecule has 0 N–H and O–H groups in total. The maximum Gasteiger partial charge on any atom is 0.333 e. The normalized spacial score (nSPS) is 24.3. The lowest BCUT2D eigenvalue weighted by Crippen LogP contribution is -2.29. The van der Waals surface area contributed by atoms with Crippen LogP contribution in [0.4, 0.5) is 0 Å². The van der Waals surface area contributed by atoms with E-state index in [1.165, 1.54) is 11.4 Å². The van der Waals surface area contributed by atoms with Gasteiger partial charge in [0.1, 0.15) is 0 Å². The molecule has 0 unspecified atom stereocenters. The fourth-order valence-electron chi connectivity index (χ4n) is 3.95. The number of carbonyl (C=O) groups is 1. The molecule has 3 rings (SSSR count). The summed E-state index contributed by atoms with van der Waals surface area (Å²) in [5, 5.41) is 0. The SMILES string of the molecule is C=C1CC(C)=C(C(=O)OC)C[C@@H]2CN(S(=O)(=O)c3ccc(C)cc3)C[C@H]12. The topological polar surface area (TPSA) is 63.7 Å². The highest BCUT2D eigenvalue weighted by Crippen LogP contribution is 2.41. The quantitative estimate of drug-likeness (QED) is 0.602. The van der Waals surface area contributed by atoms with Crippen LogP contribution >= 0.6 is 0 Å². The highest BCUT2D eigenvalue weighted by Gasteiger charge is 2.42. The van der Waals surface area contributed by atoms with Gasteiger partial charge in [-0.1, -0.05) is 35.4 Å². The van der Waals surface area contributed by atoms with Crippen molar-refractivity contribution in [3.63, 3.8) is 0 Å². The summed E-state index contributed by atoms with van der Waals surface area (Å²) in [4.78, 5) is 12.4. The first-order chi connectivity index (χ1) is 12.2. The van der Waals surface area contributed by atoms with Crippen molar-refractivity contribution in [3.05, 3.63) is 53.1 Å². The van der Waals surface area contributed by atoms with Gasteiger partial charge in [0.2, 0.25) is 10.0 Å². The van der Waals surface area contributed by atoms with Crippen LogP contribution in [0, 0.1) is 18.8 Å². The van der Waals surface area contributed by atoms with E-state index in [-0.39, 0.29) is 17.8 Å². The van der Waals surface area contributed by atoms with E-state index in [4.69, 9.17) is 4.74 Å². The molecule has 0 amide bonds. The lowest BCUT2D eigenvalue weighted by Gasteiger charge is -2.18. The van der Waals surface area contributed by atoms with Crippen molar-refractivity contribution in [2.75, 3.05) is 20.2 Å². The number of methoxy groups -OCH3 is 1. The van der Waals surface area contributed by atoms with Crippen molar-refractivity contribution in [1.29, 1.82) is 0 Å². The summed E-state index contributed by atoms with van der Waals surface area (Å²) >= 11 is 0. The van der Waals surface area contributed by atoms with Gasteiger partial charge in [-0.15, -0.1) is 0 Å². The molecule has 1 aliphatic carbocycles. The number of hydrogen-bond acceptors (Lipinski definition) is 4. The highest BCUT2D eigenvalue weighted by atomic mass is 32.2. The van der Waals surface area contributed by atoms with Crippen molar-refractivity contribution in [1.82, 2.24) is 4.31 Å². The Labute approximate surface area is 155 Å². The average Bonchev–Trinajstić information content (AvgIpc) is 2.99. The molecule has 26 heavy (non-hydrogen) atoms. The van der Waals surface area contributed by atoms with E-state index in [2.05, 4.69) is 6.58 Å². The Bertz CT molecular complexity index is 868. The van der Waals surface area contributed by atoms with Gasteiger partial charge in [-0.3, -0.25) is 0 Å². The van der Waals surface area contributed by atoms with Gasteiger partial charge < -0.3 is 4.74 Å². The zero-order chi connectivity index (χ0) is 19.1. The van der Waals surface area contributed by atoms with Gasteiger partial charge in [0, 0.05) is 18.7 Å². The smallest absolute Gasteiger partial charge is 0.333 e. The maximum atomic E-state index is 13.0. The van der Waals surface area contributed by atoms with Gasteiger partial charge in [-0.25, -0.2) is 13.2 Å². The van der Waals surface area contributed by atoms with E-state index < -0.39 is 10.0 Å². The summed E-state index contributed by atoms with van der Waals surface area (Å²) < 4.78 is 32.5. The molecule has 6 heteroatoms.